The summed E-state index contributed by atoms with van der Waals surface area (Å²) < 4.78 is 24.0. The Morgan fingerprint density at radius 1 is 1.42 bits per heavy atom. The Labute approximate surface area is 108 Å². The molecule has 0 unspecified atom stereocenters. The van der Waals surface area contributed by atoms with Gasteiger partial charge in [0.1, 0.15) is 17.1 Å². The molecule has 0 aliphatic rings. The van der Waals surface area contributed by atoms with Crippen molar-refractivity contribution in [1.29, 1.82) is 0 Å². The summed E-state index contributed by atoms with van der Waals surface area (Å²) in [5.41, 5.74) is 4.81. The molecule has 100 valence electrons. The Hall–Kier alpha value is -2.44. The molecule has 0 spiro atoms. The first-order chi connectivity index (χ1) is 9.11. The molecule has 0 saturated carbocycles. The first-order valence-corrected chi connectivity index (χ1v) is 5.64. The lowest BCUT2D eigenvalue weighted by atomic mass is 10.2. The Kier molecular flexibility index (Phi) is 3.74. The molecule has 0 aliphatic carbocycles. The largest absolute Gasteiger partial charge is 0.483 e. The monoisotopic (exact) mass is 265 g/mol. The predicted molar refractivity (Wildman–Crippen MR) is 62.9 cm³/mol. The van der Waals surface area contributed by atoms with Crippen molar-refractivity contribution < 1.29 is 18.3 Å². The SMILES string of the molecule is CCc1nnc(COc2cccc(F)c2C(N)=O)o1. The Balaban J connectivity index is 2.15. The van der Waals surface area contributed by atoms with Gasteiger partial charge < -0.3 is 14.9 Å². The van der Waals surface area contributed by atoms with Crippen molar-refractivity contribution in [1.82, 2.24) is 10.2 Å². The smallest absolute Gasteiger partial charge is 0.255 e. The average molecular weight is 265 g/mol. The molecule has 0 radical (unpaired) electrons. The normalized spacial score (nSPS) is 10.4. The molecule has 2 aromatic rings. The molecule has 0 saturated heterocycles. The van der Waals surface area contributed by atoms with E-state index in [2.05, 4.69) is 10.2 Å². The van der Waals surface area contributed by atoms with Crippen LogP contribution in [0.2, 0.25) is 0 Å². The number of aryl methyl sites for hydroxylation is 1. The minimum absolute atomic E-state index is 0.0451. The van der Waals surface area contributed by atoms with Crippen LogP contribution in [-0.4, -0.2) is 16.1 Å². The number of carbonyl (C=O) groups is 1. The van der Waals surface area contributed by atoms with Gasteiger partial charge in [-0.1, -0.05) is 13.0 Å². The van der Waals surface area contributed by atoms with Crippen LogP contribution in [0.15, 0.2) is 22.6 Å². The van der Waals surface area contributed by atoms with Crippen molar-refractivity contribution in [3.8, 4) is 5.75 Å². The maximum absolute atomic E-state index is 13.5. The third-order valence-electron chi connectivity index (χ3n) is 2.38. The van der Waals surface area contributed by atoms with Crippen LogP contribution < -0.4 is 10.5 Å². The second kappa shape index (κ2) is 5.47. The van der Waals surface area contributed by atoms with Crippen LogP contribution in [-0.2, 0) is 13.0 Å². The highest BCUT2D eigenvalue weighted by atomic mass is 19.1. The number of carbonyl (C=O) groups excluding carboxylic acids is 1. The summed E-state index contributed by atoms with van der Waals surface area (Å²) in [5, 5.41) is 7.51. The van der Waals surface area contributed by atoms with Crippen molar-refractivity contribution >= 4 is 5.91 Å². The van der Waals surface area contributed by atoms with E-state index in [1.807, 2.05) is 6.92 Å². The summed E-state index contributed by atoms with van der Waals surface area (Å²) in [7, 11) is 0. The van der Waals surface area contributed by atoms with Gasteiger partial charge in [-0.25, -0.2) is 4.39 Å². The molecule has 2 rings (SSSR count). The van der Waals surface area contributed by atoms with Crippen molar-refractivity contribution in [3.63, 3.8) is 0 Å². The maximum atomic E-state index is 13.5. The summed E-state index contributed by atoms with van der Waals surface area (Å²) in [6, 6.07) is 4.00. The van der Waals surface area contributed by atoms with Gasteiger partial charge in [0.05, 0.1) is 0 Å². The zero-order valence-electron chi connectivity index (χ0n) is 10.2. The van der Waals surface area contributed by atoms with Gasteiger partial charge in [-0.2, -0.15) is 0 Å². The van der Waals surface area contributed by atoms with E-state index in [-0.39, 0.29) is 23.8 Å². The summed E-state index contributed by atoms with van der Waals surface area (Å²) in [5.74, 6) is -0.856. The Morgan fingerprint density at radius 3 is 2.79 bits per heavy atom. The fraction of sp³-hybridized carbons (Fsp3) is 0.250. The number of hydrogen-bond donors (Lipinski definition) is 1. The van der Waals surface area contributed by atoms with Gasteiger partial charge in [0.25, 0.3) is 11.8 Å². The summed E-state index contributed by atoms with van der Waals surface area (Å²) in [6.45, 7) is 1.81. The average Bonchev–Trinajstić information content (AvgIpc) is 2.83. The van der Waals surface area contributed by atoms with E-state index < -0.39 is 11.7 Å². The summed E-state index contributed by atoms with van der Waals surface area (Å²) in [4.78, 5) is 11.2. The number of hydrogen-bond acceptors (Lipinski definition) is 5. The molecule has 0 aliphatic heterocycles. The van der Waals surface area contributed by atoms with Gasteiger partial charge in [-0.05, 0) is 12.1 Å². The lowest BCUT2D eigenvalue weighted by Crippen LogP contribution is -2.15. The van der Waals surface area contributed by atoms with E-state index in [0.717, 1.165) is 6.07 Å². The third-order valence-corrected chi connectivity index (χ3v) is 2.38. The quantitative estimate of drug-likeness (QED) is 0.883. The first kappa shape index (κ1) is 13.0. The van der Waals surface area contributed by atoms with E-state index in [9.17, 15) is 9.18 Å². The van der Waals surface area contributed by atoms with Gasteiger partial charge in [0, 0.05) is 6.42 Å². The Bertz CT molecular complexity index is 598. The van der Waals surface area contributed by atoms with Crippen molar-refractivity contribution in [3.05, 3.63) is 41.4 Å². The molecule has 1 amide bonds. The fourth-order valence-corrected chi connectivity index (χ4v) is 1.49. The molecular weight excluding hydrogens is 253 g/mol. The van der Waals surface area contributed by atoms with Gasteiger partial charge in [0.15, 0.2) is 6.61 Å². The molecular formula is C12H12FN3O3. The van der Waals surface area contributed by atoms with E-state index in [1.165, 1.54) is 12.1 Å². The fourth-order valence-electron chi connectivity index (χ4n) is 1.49. The zero-order chi connectivity index (χ0) is 13.8. The highest BCUT2D eigenvalue weighted by Gasteiger charge is 2.16. The molecule has 0 atom stereocenters. The third kappa shape index (κ3) is 2.87. The second-order valence-electron chi connectivity index (χ2n) is 3.71. The van der Waals surface area contributed by atoms with Crippen LogP contribution in [0.1, 0.15) is 29.1 Å². The lowest BCUT2D eigenvalue weighted by Gasteiger charge is -2.08. The molecule has 1 heterocycles. The minimum atomic E-state index is -0.895. The molecule has 19 heavy (non-hydrogen) atoms. The van der Waals surface area contributed by atoms with E-state index in [0.29, 0.717) is 12.3 Å². The molecule has 1 aromatic heterocycles. The molecule has 6 nitrogen and oxygen atoms in total. The number of amides is 1. The number of nitrogens with zero attached hydrogens (tertiary/aromatic N) is 2. The van der Waals surface area contributed by atoms with Crippen LogP contribution in [0, 0.1) is 5.82 Å². The zero-order valence-corrected chi connectivity index (χ0v) is 10.2. The predicted octanol–water partition coefficient (Wildman–Crippen LogP) is 1.45. The first-order valence-electron chi connectivity index (χ1n) is 5.64. The standard InChI is InChI=1S/C12H12FN3O3/c1-2-9-15-16-10(19-9)6-18-8-5-3-4-7(13)11(8)12(14)17/h3-5H,2,6H2,1H3,(H2,14,17). The van der Waals surface area contributed by atoms with Gasteiger partial charge in [0.2, 0.25) is 5.89 Å². The van der Waals surface area contributed by atoms with Crippen LogP contribution in [0.5, 0.6) is 5.75 Å². The van der Waals surface area contributed by atoms with E-state index in [1.54, 1.807) is 0 Å². The van der Waals surface area contributed by atoms with Gasteiger partial charge in [-0.3, -0.25) is 4.79 Å². The van der Waals surface area contributed by atoms with Crippen molar-refractivity contribution in [2.45, 2.75) is 20.0 Å². The van der Waals surface area contributed by atoms with Crippen LogP contribution in [0.3, 0.4) is 0 Å². The van der Waals surface area contributed by atoms with E-state index in [4.69, 9.17) is 14.9 Å². The number of benzene rings is 1. The Morgan fingerprint density at radius 2 is 2.16 bits per heavy atom. The highest BCUT2D eigenvalue weighted by molar-refractivity contribution is 5.95. The summed E-state index contributed by atoms with van der Waals surface area (Å²) in [6.07, 6.45) is 0.611. The van der Waals surface area contributed by atoms with Crippen LogP contribution in [0.25, 0.3) is 0 Å². The maximum Gasteiger partial charge on any atom is 0.255 e. The molecule has 2 N–H and O–H groups in total. The number of nitrogens with two attached hydrogens (primary N) is 1. The van der Waals surface area contributed by atoms with Crippen LogP contribution >= 0.6 is 0 Å². The number of aromatic nitrogens is 2. The number of halogens is 1. The number of ether oxygens (including phenoxy) is 1. The molecule has 0 fully saturated rings. The highest BCUT2D eigenvalue weighted by Crippen LogP contribution is 2.21. The lowest BCUT2D eigenvalue weighted by molar-refractivity contribution is 0.0991. The topological polar surface area (TPSA) is 91.2 Å². The van der Waals surface area contributed by atoms with Crippen molar-refractivity contribution in [2.75, 3.05) is 0 Å². The number of primary amides is 1. The second-order valence-corrected chi connectivity index (χ2v) is 3.71. The van der Waals surface area contributed by atoms with Crippen molar-refractivity contribution in [2.24, 2.45) is 5.73 Å². The minimum Gasteiger partial charge on any atom is -0.483 e. The number of rotatable bonds is 5. The van der Waals surface area contributed by atoms with E-state index >= 15 is 0 Å². The van der Waals surface area contributed by atoms with Crippen LogP contribution in [0.4, 0.5) is 4.39 Å². The molecule has 7 heteroatoms. The summed E-state index contributed by atoms with van der Waals surface area (Å²) >= 11 is 0. The molecule has 1 aromatic carbocycles. The van der Waals surface area contributed by atoms with Gasteiger partial charge in [-0.15, -0.1) is 10.2 Å². The van der Waals surface area contributed by atoms with Gasteiger partial charge >= 0.3 is 0 Å². The molecule has 0 bridgehead atoms.